The number of likely N-dealkylation sites (N-methyl/N-ethyl adjacent to an activating group) is 1. The van der Waals surface area contributed by atoms with Crippen molar-refractivity contribution in [2.24, 2.45) is 0 Å². The van der Waals surface area contributed by atoms with Gasteiger partial charge in [-0.15, -0.1) is 0 Å². The molecular weight excluding hydrogens is 364 g/mol. The average Bonchev–Trinajstić information content (AvgIpc) is 2.67. The molecule has 0 amide bonds. The van der Waals surface area contributed by atoms with Gasteiger partial charge in [-0.05, 0) is 50.2 Å². The van der Waals surface area contributed by atoms with Crippen LogP contribution in [0.15, 0.2) is 48.5 Å². The molecular formula is C23H34N4S+2. The van der Waals surface area contributed by atoms with Crippen molar-refractivity contribution in [3.8, 4) is 0 Å². The Morgan fingerprint density at radius 1 is 1.00 bits per heavy atom. The first-order valence-corrected chi connectivity index (χ1v) is 10.7. The summed E-state index contributed by atoms with van der Waals surface area (Å²) in [6.45, 7) is 11.3. The average molecular weight is 399 g/mol. The molecule has 1 fully saturated rings. The largest absolute Gasteiger partial charge is 0.354 e. The second-order valence-electron chi connectivity index (χ2n) is 8.21. The molecule has 0 radical (unpaired) electrons. The summed E-state index contributed by atoms with van der Waals surface area (Å²) >= 11 is 5.67. The summed E-state index contributed by atoms with van der Waals surface area (Å²) in [4.78, 5) is 3.27. The third-order valence-electron chi connectivity index (χ3n) is 5.84. The number of hydrogen-bond donors (Lipinski definition) is 4. The van der Waals surface area contributed by atoms with Gasteiger partial charge >= 0.3 is 0 Å². The normalized spacial score (nSPS) is 21.6. The molecule has 2 aromatic rings. The van der Waals surface area contributed by atoms with Gasteiger partial charge in [-0.3, -0.25) is 0 Å². The fourth-order valence-corrected chi connectivity index (χ4v) is 4.46. The highest BCUT2D eigenvalue weighted by molar-refractivity contribution is 7.80. The van der Waals surface area contributed by atoms with E-state index in [-0.39, 0.29) is 6.04 Å². The van der Waals surface area contributed by atoms with Crippen LogP contribution in [0, 0.1) is 13.8 Å². The van der Waals surface area contributed by atoms with Crippen LogP contribution in [-0.2, 0) is 0 Å². The maximum Gasteiger partial charge on any atom is 0.171 e. The van der Waals surface area contributed by atoms with Crippen molar-refractivity contribution < 1.29 is 9.80 Å². The van der Waals surface area contributed by atoms with Gasteiger partial charge in [0, 0.05) is 11.3 Å². The van der Waals surface area contributed by atoms with Gasteiger partial charge in [0.05, 0.1) is 13.1 Å². The van der Waals surface area contributed by atoms with Crippen molar-refractivity contribution in [3.05, 3.63) is 65.2 Å². The van der Waals surface area contributed by atoms with E-state index in [1.807, 2.05) is 0 Å². The lowest BCUT2D eigenvalue weighted by Gasteiger charge is -2.37. The summed E-state index contributed by atoms with van der Waals surface area (Å²) in [5, 5.41) is 7.68. The topological polar surface area (TPSA) is 32.9 Å². The molecule has 28 heavy (non-hydrogen) atoms. The van der Waals surface area contributed by atoms with E-state index >= 15 is 0 Å². The van der Waals surface area contributed by atoms with E-state index in [4.69, 9.17) is 12.2 Å². The van der Waals surface area contributed by atoms with Crippen LogP contribution in [0.4, 0.5) is 5.69 Å². The molecule has 4 nitrogen and oxygen atoms in total. The zero-order chi connectivity index (χ0) is 20.1. The minimum Gasteiger partial charge on any atom is -0.354 e. The van der Waals surface area contributed by atoms with Crippen molar-refractivity contribution in [3.63, 3.8) is 0 Å². The van der Waals surface area contributed by atoms with E-state index < -0.39 is 0 Å². The van der Waals surface area contributed by atoms with Crippen molar-refractivity contribution in [1.82, 2.24) is 5.32 Å². The fourth-order valence-electron chi connectivity index (χ4n) is 4.17. The van der Waals surface area contributed by atoms with Gasteiger partial charge in [0.2, 0.25) is 0 Å². The molecule has 0 spiro atoms. The number of quaternary nitrogens is 2. The van der Waals surface area contributed by atoms with Gasteiger partial charge in [0.25, 0.3) is 0 Å². The zero-order valence-electron chi connectivity index (χ0n) is 17.5. The van der Waals surface area contributed by atoms with E-state index in [0.29, 0.717) is 11.2 Å². The lowest BCUT2D eigenvalue weighted by molar-refractivity contribution is -1.02. The van der Waals surface area contributed by atoms with Crippen molar-refractivity contribution in [1.29, 1.82) is 0 Å². The Labute approximate surface area is 174 Å². The molecule has 1 heterocycles. The van der Waals surface area contributed by atoms with Gasteiger partial charge in [-0.1, -0.05) is 42.5 Å². The van der Waals surface area contributed by atoms with Crippen LogP contribution in [0.2, 0.25) is 0 Å². The molecule has 150 valence electrons. The third-order valence-corrected chi connectivity index (χ3v) is 6.06. The molecule has 5 heteroatoms. The third kappa shape index (κ3) is 5.31. The highest BCUT2D eigenvalue weighted by Crippen LogP contribution is 2.17. The number of benzene rings is 2. The van der Waals surface area contributed by atoms with Gasteiger partial charge < -0.3 is 20.4 Å². The van der Waals surface area contributed by atoms with E-state index in [0.717, 1.165) is 5.69 Å². The Morgan fingerprint density at radius 2 is 1.68 bits per heavy atom. The molecule has 1 aliphatic rings. The van der Waals surface area contributed by atoms with E-state index in [9.17, 15) is 0 Å². The monoisotopic (exact) mass is 398 g/mol. The summed E-state index contributed by atoms with van der Waals surface area (Å²) in [6, 6.07) is 17.9. The summed E-state index contributed by atoms with van der Waals surface area (Å²) in [6.07, 6.45) is 0. The highest BCUT2D eigenvalue weighted by atomic mass is 32.1. The smallest absolute Gasteiger partial charge is 0.171 e. The molecule has 2 atom stereocenters. The van der Waals surface area contributed by atoms with Gasteiger partial charge in [-0.25, -0.2) is 0 Å². The van der Waals surface area contributed by atoms with Gasteiger partial charge in [0.15, 0.2) is 5.11 Å². The maximum absolute atomic E-state index is 5.67. The molecule has 2 aromatic carbocycles. The first kappa shape index (κ1) is 20.8. The number of anilines is 1. The Bertz CT molecular complexity index is 784. The first-order chi connectivity index (χ1) is 13.4. The van der Waals surface area contributed by atoms with Crippen molar-refractivity contribution in [2.75, 3.05) is 38.5 Å². The second-order valence-corrected chi connectivity index (χ2v) is 8.62. The van der Waals surface area contributed by atoms with Crippen LogP contribution >= 0.6 is 12.2 Å². The Balaban J connectivity index is 1.72. The van der Waals surface area contributed by atoms with E-state index in [1.165, 1.54) is 42.9 Å². The molecule has 0 bridgehead atoms. The molecule has 0 unspecified atom stereocenters. The predicted octanol–water partition coefficient (Wildman–Crippen LogP) is 1.13. The standard InChI is InChI=1S/C23H32N4S/c1-17-10-11-18(2)21(16-17)25-23(28)24-19(3)22(20-8-6-5-7-9-20)27-14-12-26(4)13-15-27/h5-11,16,19,22H,12-15H2,1-4H3,(H2,24,25,28)/p+2/t19-,22+/m0/s1. The van der Waals surface area contributed by atoms with Crippen molar-refractivity contribution >= 4 is 23.0 Å². The number of piperazine rings is 1. The summed E-state index contributed by atoms with van der Waals surface area (Å²) < 4.78 is 0. The Morgan fingerprint density at radius 3 is 2.36 bits per heavy atom. The Hall–Kier alpha value is -1.95. The van der Waals surface area contributed by atoms with Crippen LogP contribution in [0.5, 0.6) is 0 Å². The number of aryl methyl sites for hydroxylation is 2. The minimum absolute atomic E-state index is 0.237. The second kappa shape index (κ2) is 9.50. The maximum atomic E-state index is 5.67. The lowest BCUT2D eigenvalue weighted by Crippen LogP contribution is -3.27. The molecule has 3 rings (SSSR count). The number of nitrogens with one attached hydrogen (secondary N) is 4. The van der Waals surface area contributed by atoms with Crippen LogP contribution < -0.4 is 20.4 Å². The highest BCUT2D eigenvalue weighted by Gasteiger charge is 2.33. The van der Waals surface area contributed by atoms with Crippen LogP contribution in [0.3, 0.4) is 0 Å². The molecule has 0 aromatic heterocycles. The Kier molecular flexibility index (Phi) is 7.05. The van der Waals surface area contributed by atoms with E-state index in [2.05, 4.69) is 87.0 Å². The van der Waals surface area contributed by atoms with E-state index in [1.54, 1.807) is 9.80 Å². The first-order valence-electron chi connectivity index (χ1n) is 10.3. The molecule has 4 N–H and O–H groups in total. The van der Waals surface area contributed by atoms with Crippen molar-refractivity contribution in [2.45, 2.75) is 32.9 Å². The quantitative estimate of drug-likeness (QED) is 0.570. The summed E-state index contributed by atoms with van der Waals surface area (Å²) in [5.41, 5.74) is 4.90. The summed E-state index contributed by atoms with van der Waals surface area (Å²) in [5.74, 6) is 0. The molecule has 1 saturated heterocycles. The molecule has 0 saturated carbocycles. The minimum atomic E-state index is 0.237. The van der Waals surface area contributed by atoms with Gasteiger partial charge in [-0.2, -0.15) is 0 Å². The van der Waals surface area contributed by atoms with Crippen LogP contribution in [-0.4, -0.2) is 44.4 Å². The zero-order valence-corrected chi connectivity index (χ0v) is 18.3. The summed E-state index contributed by atoms with van der Waals surface area (Å²) in [7, 11) is 2.29. The molecule has 1 aliphatic heterocycles. The van der Waals surface area contributed by atoms with Crippen LogP contribution in [0.25, 0.3) is 0 Å². The number of hydrogen-bond acceptors (Lipinski definition) is 1. The number of rotatable bonds is 5. The SMILES string of the molecule is Cc1ccc(C)c(NC(=S)N[C@@H](C)[C@H](c2ccccc2)[NH+]2CC[NH+](C)CC2)c1. The fraction of sp³-hybridized carbons (Fsp3) is 0.435. The molecule has 0 aliphatic carbocycles. The van der Waals surface area contributed by atoms with Gasteiger partial charge in [0.1, 0.15) is 32.2 Å². The lowest BCUT2D eigenvalue weighted by atomic mass is 9.98. The van der Waals surface area contributed by atoms with Crippen LogP contribution in [0.1, 0.15) is 29.7 Å². The predicted molar refractivity (Wildman–Crippen MR) is 121 cm³/mol. The number of thiocarbonyl (C=S) groups is 1.